The number of rotatable bonds is 5. The first-order valence-corrected chi connectivity index (χ1v) is 8.78. The lowest BCUT2D eigenvalue weighted by Gasteiger charge is -2.23. The summed E-state index contributed by atoms with van der Waals surface area (Å²) in [5, 5.41) is 4.36. The fourth-order valence-corrected chi connectivity index (χ4v) is 2.64. The van der Waals surface area contributed by atoms with Crippen molar-refractivity contribution >= 4 is 16.6 Å². The quantitative estimate of drug-likeness (QED) is 0.533. The number of nitrogens with zero attached hydrogens (tertiary/aromatic N) is 1. The number of hydrogen-bond acceptors (Lipinski definition) is 2. The van der Waals surface area contributed by atoms with E-state index in [1.165, 1.54) is 0 Å². The molecule has 0 aliphatic carbocycles. The second-order valence-corrected chi connectivity index (χ2v) is 6.81. The Kier molecular flexibility index (Phi) is 6.36. The van der Waals surface area contributed by atoms with E-state index in [0.717, 1.165) is 28.1 Å². The van der Waals surface area contributed by atoms with E-state index < -0.39 is 11.4 Å². The molecule has 0 amide bonds. The van der Waals surface area contributed by atoms with Gasteiger partial charge in [-0.25, -0.2) is 4.39 Å². The molecule has 0 aliphatic rings. The maximum Gasteiger partial charge on any atom is 0.138 e. The molecule has 0 saturated carbocycles. The minimum Gasteiger partial charge on any atom is -0.369 e. The van der Waals surface area contributed by atoms with E-state index in [2.05, 4.69) is 41.4 Å². The van der Waals surface area contributed by atoms with Crippen LogP contribution in [-0.2, 0) is 0 Å². The zero-order chi connectivity index (χ0) is 20.0. The second-order valence-electron chi connectivity index (χ2n) is 6.81. The van der Waals surface area contributed by atoms with Gasteiger partial charge in [0.05, 0.1) is 16.6 Å². The lowest BCUT2D eigenvalue weighted by atomic mass is 10.0. The van der Waals surface area contributed by atoms with E-state index in [1.54, 1.807) is 18.3 Å². The first-order valence-electron chi connectivity index (χ1n) is 8.78. The zero-order valence-electron chi connectivity index (χ0n) is 16.4. The predicted octanol–water partition coefficient (Wildman–Crippen LogP) is 5.87. The van der Waals surface area contributed by atoms with E-state index >= 15 is 0 Å². The highest BCUT2D eigenvalue weighted by molar-refractivity contribution is 5.84. The number of halogens is 1. The molecule has 3 heteroatoms. The Labute approximate surface area is 161 Å². The fraction of sp³-hybridized carbons (Fsp3) is 0.208. The average molecular weight is 360 g/mol. The van der Waals surface area contributed by atoms with Crippen LogP contribution in [0.25, 0.3) is 16.6 Å². The summed E-state index contributed by atoms with van der Waals surface area (Å²) >= 11 is 0. The number of pyridine rings is 1. The fourth-order valence-electron chi connectivity index (χ4n) is 2.64. The first kappa shape index (κ1) is 20.2. The van der Waals surface area contributed by atoms with Gasteiger partial charge in [0.1, 0.15) is 5.83 Å². The number of nitrogens with one attached hydrogen (secondary N) is 1. The lowest BCUT2D eigenvalue weighted by molar-refractivity contribution is 0.587. The third-order valence-corrected chi connectivity index (χ3v) is 4.00. The van der Waals surface area contributed by atoms with Crippen LogP contribution in [0.15, 0.2) is 73.2 Å². The molecule has 1 aromatic heterocycles. The van der Waals surface area contributed by atoms with Crippen LogP contribution in [0.5, 0.6) is 0 Å². The van der Waals surface area contributed by atoms with Crippen molar-refractivity contribution in [1.82, 2.24) is 10.3 Å². The Morgan fingerprint density at radius 2 is 2.07 bits per heavy atom. The van der Waals surface area contributed by atoms with Crippen molar-refractivity contribution in [2.45, 2.75) is 33.2 Å². The Morgan fingerprint density at radius 3 is 2.74 bits per heavy atom. The van der Waals surface area contributed by atoms with Crippen LogP contribution in [-0.4, -0.2) is 10.5 Å². The molecule has 0 unspecified atom stereocenters. The molecule has 1 aromatic carbocycles. The largest absolute Gasteiger partial charge is 0.369 e. The van der Waals surface area contributed by atoms with Gasteiger partial charge in [-0.3, -0.25) is 4.98 Å². The number of benzene rings is 1. The monoisotopic (exact) mass is 360 g/mol. The molecule has 0 aliphatic heterocycles. The van der Waals surface area contributed by atoms with Crippen molar-refractivity contribution in [3.8, 4) is 11.8 Å². The molecule has 1 N–H and O–H groups in total. The average Bonchev–Trinajstić information content (AvgIpc) is 2.64. The molecule has 1 heterocycles. The Balaban J connectivity index is 2.26. The highest BCUT2D eigenvalue weighted by Crippen LogP contribution is 2.21. The van der Waals surface area contributed by atoms with Gasteiger partial charge in [0, 0.05) is 22.8 Å². The van der Waals surface area contributed by atoms with Crippen molar-refractivity contribution in [1.29, 1.82) is 0 Å². The highest BCUT2D eigenvalue weighted by Gasteiger charge is 2.16. The van der Waals surface area contributed by atoms with Crippen LogP contribution in [0.2, 0.25) is 0 Å². The molecule has 0 saturated heterocycles. The van der Waals surface area contributed by atoms with E-state index in [-0.39, 0.29) is 0 Å². The van der Waals surface area contributed by atoms with Crippen molar-refractivity contribution < 1.29 is 4.39 Å². The summed E-state index contributed by atoms with van der Waals surface area (Å²) in [6.45, 7) is 15.3. The van der Waals surface area contributed by atoms with Crippen molar-refractivity contribution in [3.05, 3.63) is 84.4 Å². The smallest absolute Gasteiger partial charge is 0.138 e. The van der Waals surface area contributed by atoms with E-state index in [4.69, 9.17) is 0 Å². The number of aromatic nitrogens is 1. The van der Waals surface area contributed by atoms with Gasteiger partial charge in [-0.1, -0.05) is 49.3 Å². The summed E-state index contributed by atoms with van der Waals surface area (Å²) in [4.78, 5) is 4.55. The number of para-hydroxylation sites is 1. The molecule has 2 nitrogen and oxygen atoms in total. The van der Waals surface area contributed by atoms with Crippen LogP contribution in [0.3, 0.4) is 0 Å². The van der Waals surface area contributed by atoms with Gasteiger partial charge in [-0.2, -0.15) is 0 Å². The molecule has 138 valence electrons. The number of fused-ring (bicyclic) bond motifs is 1. The van der Waals surface area contributed by atoms with Gasteiger partial charge in [-0.05, 0) is 51.5 Å². The van der Waals surface area contributed by atoms with Gasteiger partial charge in [0.15, 0.2) is 0 Å². The van der Waals surface area contributed by atoms with E-state index in [1.807, 2.05) is 45.9 Å². The summed E-state index contributed by atoms with van der Waals surface area (Å²) < 4.78 is 13.8. The molecule has 0 radical (unpaired) electrons. The predicted molar refractivity (Wildman–Crippen MR) is 114 cm³/mol. The van der Waals surface area contributed by atoms with Crippen molar-refractivity contribution in [3.63, 3.8) is 0 Å². The van der Waals surface area contributed by atoms with Gasteiger partial charge in [-0.15, -0.1) is 0 Å². The van der Waals surface area contributed by atoms with Crippen molar-refractivity contribution in [2.24, 2.45) is 0 Å². The van der Waals surface area contributed by atoms with E-state index in [9.17, 15) is 4.39 Å². The minimum absolute atomic E-state index is 0.302. The molecule has 0 fully saturated rings. The second kappa shape index (κ2) is 8.51. The normalized spacial score (nSPS) is 12.3. The molecular formula is C24H25FN2. The Bertz CT molecular complexity index is 998. The lowest BCUT2D eigenvalue weighted by Crippen LogP contribution is -2.36. The maximum atomic E-state index is 13.8. The van der Waals surface area contributed by atoms with Crippen LogP contribution in [0, 0.1) is 18.8 Å². The Morgan fingerprint density at radius 1 is 1.33 bits per heavy atom. The third-order valence-electron chi connectivity index (χ3n) is 4.00. The minimum atomic E-state index is -0.604. The summed E-state index contributed by atoms with van der Waals surface area (Å²) in [5.74, 6) is 5.51. The van der Waals surface area contributed by atoms with Gasteiger partial charge < -0.3 is 5.32 Å². The third kappa shape index (κ3) is 5.18. The summed E-state index contributed by atoms with van der Waals surface area (Å²) in [5.41, 5.74) is 3.42. The van der Waals surface area contributed by atoms with E-state index in [0.29, 0.717) is 11.3 Å². The summed E-state index contributed by atoms with van der Waals surface area (Å²) in [6, 6.07) is 8.14. The molecule has 0 spiro atoms. The van der Waals surface area contributed by atoms with Crippen LogP contribution < -0.4 is 5.32 Å². The topological polar surface area (TPSA) is 24.9 Å². The number of hydrogen-bond donors (Lipinski definition) is 1. The Hall–Kier alpha value is -3.12. The number of allylic oxidation sites excluding steroid dienone is 5. The first-order chi connectivity index (χ1) is 12.8. The molecule has 2 aromatic rings. The molecule has 27 heavy (non-hydrogen) atoms. The molecular weight excluding hydrogens is 335 g/mol. The summed E-state index contributed by atoms with van der Waals surface area (Å²) in [7, 11) is 0. The SMILES string of the molecule is C=C/C(F)=C(C#CC(C)(C)NC(=C)c1cnc2c(C)cccc2c1)\C=C/C. The highest BCUT2D eigenvalue weighted by atomic mass is 19.1. The molecule has 2 rings (SSSR count). The van der Waals surface area contributed by atoms with Gasteiger partial charge >= 0.3 is 0 Å². The maximum absolute atomic E-state index is 13.8. The zero-order valence-corrected chi connectivity index (χ0v) is 16.4. The van der Waals surface area contributed by atoms with Gasteiger partial charge in [0.2, 0.25) is 0 Å². The van der Waals surface area contributed by atoms with Crippen LogP contribution >= 0.6 is 0 Å². The van der Waals surface area contributed by atoms with Crippen LogP contribution in [0.1, 0.15) is 31.9 Å². The molecule has 0 bridgehead atoms. The van der Waals surface area contributed by atoms with Crippen molar-refractivity contribution in [2.75, 3.05) is 0 Å². The van der Waals surface area contributed by atoms with Crippen LogP contribution in [0.4, 0.5) is 4.39 Å². The summed E-state index contributed by atoms with van der Waals surface area (Å²) in [6.07, 6.45) is 6.34. The molecule has 0 atom stereocenters. The standard InChI is InChI=1S/C24H25FN2/c1-7-10-19(22(25)8-2)13-14-24(5,6)27-18(4)21-15-20-12-9-11-17(3)23(20)26-16-21/h7-12,15-16,27H,2,4H2,1,3,5-6H3/b10-7-,22-19-. The van der Waals surface area contributed by atoms with Gasteiger partial charge in [0.25, 0.3) is 0 Å². The number of aryl methyl sites for hydroxylation is 1.